The number of amides is 1. The zero-order valence-corrected chi connectivity index (χ0v) is 16.3. The zero-order valence-electron chi connectivity index (χ0n) is 15.5. The lowest BCUT2D eigenvalue weighted by Gasteiger charge is -2.34. The molecule has 0 radical (unpaired) electrons. The fraction of sp³-hybridized carbons (Fsp3) is 0.273. The summed E-state index contributed by atoms with van der Waals surface area (Å²) in [5.74, 6) is 0.132. The summed E-state index contributed by atoms with van der Waals surface area (Å²) in [6, 6.07) is 14.2. The third-order valence-corrected chi connectivity index (χ3v) is 6.09. The number of rotatable bonds is 4. The highest BCUT2D eigenvalue weighted by Crippen LogP contribution is 2.29. The second-order valence-electron chi connectivity index (χ2n) is 6.94. The Balaban J connectivity index is 1.40. The Hall–Kier alpha value is -2.50. The summed E-state index contributed by atoms with van der Waals surface area (Å²) in [5, 5.41) is 2.10. The van der Waals surface area contributed by atoms with Crippen molar-refractivity contribution in [2.75, 3.05) is 26.2 Å². The van der Waals surface area contributed by atoms with Crippen molar-refractivity contribution in [3.8, 4) is 10.4 Å². The Kier molecular flexibility index (Phi) is 5.32. The summed E-state index contributed by atoms with van der Waals surface area (Å²) >= 11 is 1.72. The van der Waals surface area contributed by atoms with Crippen LogP contribution in [0.25, 0.3) is 10.4 Å². The van der Waals surface area contributed by atoms with Crippen molar-refractivity contribution in [3.05, 3.63) is 76.9 Å². The molecule has 0 saturated carbocycles. The summed E-state index contributed by atoms with van der Waals surface area (Å²) in [6.07, 6.45) is 3.71. The second kappa shape index (κ2) is 8.03. The van der Waals surface area contributed by atoms with Crippen LogP contribution in [0.1, 0.15) is 21.5 Å². The number of aryl methyl sites for hydroxylation is 1. The van der Waals surface area contributed by atoms with Gasteiger partial charge >= 0.3 is 0 Å². The van der Waals surface area contributed by atoms with Crippen LogP contribution in [0.5, 0.6) is 0 Å². The molecule has 0 spiro atoms. The number of aromatic nitrogens is 1. The van der Waals surface area contributed by atoms with Crippen molar-refractivity contribution >= 4 is 17.2 Å². The van der Waals surface area contributed by atoms with Gasteiger partial charge in [0.1, 0.15) is 0 Å². The number of pyridine rings is 1. The van der Waals surface area contributed by atoms with E-state index in [1.54, 1.807) is 17.5 Å². The van der Waals surface area contributed by atoms with E-state index in [2.05, 4.69) is 40.4 Å². The average molecular weight is 378 g/mol. The van der Waals surface area contributed by atoms with Gasteiger partial charge in [0.25, 0.3) is 5.91 Å². The Labute approximate surface area is 164 Å². The van der Waals surface area contributed by atoms with Gasteiger partial charge in [0.05, 0.1) is 0 Å². The van der Waals surface area contributed by atoms with Gasteiger partial charge in [-0.25, -0.2) is 0 Å². The van der Waals surface area contributed by atoms with Crippen LogP contribution in [0.2, 0.25) is 0 Å². The van der Waals surface area contributed by atoms with Crippen LogP contribution in [0.4, 0.5) is 0 Å². The molecule has 0 N–H and O–H groups in total. The largest absolute Gasteiger partial charge is 0.336 e. The predicted molar refractivity (Wildman–Crippen MR) is 110 cm³/mol. The molecule has 138 valence electrons. The SMILES string of the molecule is Cc1ccsc1-c1cccc(C(=O)N2CCN(Cc3cccnc3)CC2)c1. The minimum absolute atomic E-state index is 0.132. The van der Waals surface area contributed by atoms with E-state index in [-0.39, 0.29) is 5.91 Å². The maximum Gasteiger partial charge on any atom is 0.253 e. The maximum absolute atomic E-state index is 13.0. The van der Waals surface area contributed by atoms with Crippen molar-refractivity contribution in [2.24, 2.45) is 0 Å². The average Bonchev–Trinajstić information content (AvgIpc) is 3.15. The lowest BCUT2D eigenvalue weighted by atomic mass is 10.1. The summed E-state index contributed by atoms with van der Waals surface area (Å²) in [4.78, 5) is 22.7. The van der Waals surface area contributed by atoms with E-state index >= 15 is 0 Å². The lowest BCUT2D eigenvalue weighted by Crippen LogP contribution is -2.48. The molecule has 0 bridgehead atoms. The lowest BCUT2D eigenvalue weighted by molar-refractivity contribution is 0.0628. The molecule has 3 heterocycles. The van der Waals surface area contributed by atoms with E-state index in [1.807, 2.05) is 35.4 Å². The fourth-order valence-corrected chi connectivity index (χ4v) is 4.43. The topological polar surface area (TPSA) is 36.4 Å². The standard InChI is InChI=1S/C22H23N3OS/c1-17-7-13-27-21(17)19-5-2-6-20(14-19)22(26)25-11-9-24(10-12-25)16-18-4-3-8-23-15-18/h2-8,13-15H,9-12,16H2,1H3. The number of piperazine rings is 1. The number of nitrogens with zero attached hydrogens (tertiary/aromatic N) is 3. The van der Waals surface area contributed by atoms with Gasteiger partial charge in [-0.15, -0.1) is 11.3 Å². The van der Waals surface area contributed by atoms with E-state index in [0.717, 1.165) is 43.9 Å². The van der Waals surface area contributed by atoms with Crippen LogP contribution in [-0.4, -0.2) is 46.9 Å². The third kappa shape index (κ3) is 4.10. The number of carbonyl (C=O) groups is 1. The molecular formula is C22H23N3OS. The smallest absolute Gasteiger partial charge is 0.253 e. The molecule has 0 unspecified atom stereocenters. The van der Waals surface area contributed by atoms with Crippen LogP contribution in [0.3, 0.4) is 0 Å². The van der Waals surface area contributed by atoms with Crippen molar-refractivity contribution in [1.82, 2.24) is 14.8 Å². The van der Waals surface area contributed by atoms with E-state index in [4.69, 9.17) is 0 Å². The first-order valence-electron chi connectivity index (χ1n) is 9.26. The highest BCUT2D eigenvalue weighted by Gasteiger charge is 2.22. The van der Waals surface area contributed by atoms with E-state index < -0.39 is 0 Å². The molecule has 27 heavy (non-hydrogen) atoms. The van der Waals surface area contributed by atoms with E-state index in [9.17, 15) is 4.79 Å². The first kappa shape index (κ1) is 17.9. The highest BCUT2D eigenvalue weighted by atomic mass is 32.1. The highest BCUT2D eigenvalue weighted by molar-refractivity contribution is 7.13. The Morgan fingerprint density at radius 2 is 1.96 bits per heavy atom. The third-order valence-electron chi connectivity index (χ3n) is 5.02. The minimum atomic E-state index is 0.132. The fourth-order valence-electron chi connectivity index (χ4n) is 3.50. The number of carbonyl (C=O) groups excluding carboxylic acids is 1. The van der Waals surface area contributed by atoms with Crippen molar-refractivity contribution in [1.29, 1.82) is 0 Å². The first-order chi connectivity index (χ1) is 13.2. The van der Waals surface area contributed by atoms with E-state index in [1.165, 1.54) is 16.0 Å². The first-order valence-corrected chi connectivity index (χ1v) is 10.1. The van der Waals surface area contributed by atoms with Crippen molar-refractivity contribution < 1.29 is 4.79 Å². The van der Waals surface area contributed by atoms with Crippen LogP contribution in [-0.2, 0) is 6.54 Å². The maximum atomic E-state index is 13.0. The Morgan fingerprint density at radius 3 is 2.67 bits per heavy atom. The summed E-state index contributed by atoms with van der Waals surface area (Å²) in [5.41, 5.74) is 4.38. The van der Waals surface area contributed by atoms with Crippen LogP contribution >= 0.6 is 11.3 Å². The molecule has 1 aliphatic heterocycles. The molecule has 0 atom stereocenters. The van der Waals surface area contributed by atoms with Gasteiger partial charge in [-0.05, 0) is 53.3 Å². The van der Waals surface area contributed by atoms with Gasteiger partial charge in [-0.2, -0.15) is 0 Å². The number of hydrogen-bond acceptors (Lipinski definition) is 4. The van der Waals surface area contributed by atoms with Crippen molar-refractivity contribution in [3.63, 3.8) is 0 Å². The quantitative estimate of drug-likeness (QED) is 0.687. The van der Waals surface area contributed by atoms with Crippen molar-refractivity contribution in [2.45, 2.75) is 13.5 Å². The Bertz CT molecular complexity index is 914. The minimum Gasteiger partial charge on any atom is -0.336 e. The zero-order chi connectivity index (χ0) is 18.6. The molecule has 0 aliphatic carbocycles. The molecule has 3 aromatic rings. The normalized spacial score (nSPS) is 15.1. The molecular weight excluding hydrogens is 354 g/mol. The van der Waals surface area contributed by atoms with Crippen LogP contribution in [0.15, 0.2) is 60.2 Å². The van der Waals surface area contributed by atoms with E-state index in [0.29, 0.717) is 0 Å². The van der Waals surface area contributed by atoms with Gasteiger partial charge in [0.15, 0.2) is 0 Å². The number of hydrogen-bond donors (Lipinski definition) is 0. The molecule has 4 rings (SSSR count). The molecule has 1 aliphatic rings. The van der Waals surface area contributed by atoms with Gasteiger partial charge in [0, 0.05) is 55.6 Å². The summed E-state index contributed by atoms with van der Waals surface area (Å²) in [6.45, 7) is 6.32. The molecule has 1 aromatic carbocycles. The second-order valence-corrected chi connectivity index (χ2v) is 7.86. The van der Waals surface area contributed by atoms with Gasteiger partial charge < -0.3 is 4.90 Å². The molecule has 2 aromatic heterocycles. The monoisotopic (exact) mass is 377 g/mol. The van der Waals surface area contributed by atoms with Gasteiger partial charge in [-0.1, -0.05) is 18.2 Å². The Morgan fingerprint density at radius 1 is 1.11 bits per heavy atom. The molecule has 5 heteroatoms. The van der Waals surface area contributed by atoms with Gasteiger partial charge in [-0.3, -0.25) is 14.7 Å². The molecule has 1 saturated heterocycles. The van der Waals surface area contributed by atoms with Crippen LogP contribution < -0.4 is 0 Å². The molecule has 4 nitrogen and oxygen atoms in total. The number of thiophene rings is 1. The molecule has 1 fully saturated rings. The predicted octanol–water partition coefficient (Wildman–Crippen LogP) is 4.08. The van der Waals surface area contributed by atoms with Crippen LogP contribution in [0, 0.1) is 6.92 Å². The molecule has 1 amide bonds. The van der Waals surface area contributed by atoms with Gasteiger partial charge in [0.2, 0.25) is 0 Å². The summed E-state index contributed by atoms with van der Waals surface area (Å²) in [7, 11) is 0. The summed E-state index contributed by atoms with van der Waals surface area (Å²) < 4.78 is 0. The number of benzene rings is 1.